The van der Waals surface area contributed by atoms with Crippen LogP contribution < -0.4 is 0 Å². The number of carbonyl (C=O) groups is 2. The lowest BCUT2D eigenvalue weighted by Crippen LogP contribution is -2.32. The van der Waals surface area contributed by atoms with Crippen molar-refractivity contribution in [2.24, 2.45) is 0 Å². The molecule has 0 aromatic heterocycles. The molecular formula is C10H7ClN2O5. The summed E-state index contributed by atoms with van der Waals surface area (Å²) in [6.07, 6.45) is -1.46. The van der Waals surface area contributed by atoms with Gasteiger partial charge in [-0.3, -0.25) is 14.9 Å². The summed E-state index contributed by atoms with van der Waals surface area (Å²) in [5.41, 5.74) is -0.504. The molecule has 1 aromatic carbocycles. The fourth-order valence-corrected chi connectivity index (χ4v) is 2.36. The SMILES string of the molecule is CC1c2c(Cl)ccc([N+](=O)[O-])c2C(=O)N1C(=O)O. The van der Waals surface area contributed by atoms with E-state index >= 15 is 0 Å². The third-order valence-electron chi connectivity index (χ3n) is 2.81. The lowest BCUT2D eigenvalue weighted by atomic mass is 10.0. The van der Waals surface area contributed by atoms with Gasteiger partial charge in [-0.15, -0.1) is 0 Å². The van der Waals surface area contributed by atoms with Crippen molar-refractivity contribution in [2.45, 2.75) is 13.0 Å². The molecule has 8 heteroatoms. The van der Waals surface area contributed by atoms with Crippen LogP contribution in [0.2, 0.25) is 5.02 Å². The van der Waals surface area contributed by atoms with Crippen molar-refractivity contribution in [3.05, 3.63) is 38.4 Å². The third-order valence-corrected chi connectivity index (χ3v) is 3.14. The minimum absolute atomic E-state index is 0.139. The Kier molecular flexibility index (Phi) is 2.70. The van der Waals surface area contributed by atoms with Crippen LogP contribution in [0.3, 0.4) is 0 Å². The number of nitrogens with zero attached hydrogens (tertiary/aromatic N) is 2. The molecule has 0 bridgehead atoms. The maximum absolute atomic E-state index is 11.9. The van der Waals surface area contributed by atoms with Crippen LogP contribution in [-0.2, 0) is 0 Å². The number of benzene rings is 1. The molecule has 18 heavy (non-hydrogen) atoms. The van der Waals surface area contributed by atoms with Crippen molar-refractivity contribution >= 4 is 29.3 Å². The van der Waals surface area contributed by atoms with Gasteiger partial charge in [0, 0.05) is 16.7 Å². The number of hydrogen-bond donors (Lipinski definition) is 1. The topological polar surface area (TPSA) is 101 Å². The number of hydrogen-bond acceptors (Lipinski definition) is 4. The van der Waals surface area contributed by atoms with Crippen LogP contribution in [0.25, 0.3) is 0 Å². The van der Waals surface area contributed by atoms with Crippen LogP contribution in [-0.4, -0.2) is 26.9 Å². The zero-order valence-electron chi connectivity index (χ0n) is 9.08. The predicted molar refractivity (Wildman–Crippen MR) is 60.7 cm³/mol. The number of amides is 2. The number of fused-ring (bicyclic) bond motifs is 1. The summed E-state index contributed by atoms with van der Waals surface area (Å²) in [5, 5.41) is 19.9. The van der Waals surface area contributed by atoms with Gasteiger partial charge >= 0.3 is 6.09 Å². The second kappa shape index (κ2) is 3.95. The van der Waals surface area contributed by atoms with Gasteiger partial charge < -0.3 is 5.11 Å². The molecule has 0 saturated carbocycles. The average Bonchev–Trinajstić information content (AvgIpc) is 2.52. The van der Waals surface area contributed by atoms with Gasteiger partial charge in [-0.1, -0.05) is 11.6 Å². The summed E-state index contributed by atoms with van der Waals surface area (Å²) in [6, 6.07) is 1.54. The molecule has 1 unspecified atom stereocenters. The molecule has 1 atom stereocenters. The van der Waals surface area contributed by atoms with Crippen molar-refractivity contribution in [2.75, 3.05) is 0 Å². The second-order valence-corrected chi connectivity index (χ2v) is 4.15. The van der Waals surface area contributed by atoms with Gasteiger partial charge in [-0.25, -0.2) is 9.69 Å². The first-order chi connectivity index (χ1) is 8.36. The van der Waals surface area contributed by atoms with E-state index in [0.717, 1.165) is 6.07 Å². The first kappa shape index (κ1) is 12.3. The molecule has 2 amide bonds. The molecule has 1 aliphatic heterocycles. The molecule has 1 heterocycles. The molecule has 1 aliphatic rings. The number of rotatable bonds is 1. The molecule has 0 fully saturated rings. The summed E-state index contributed by atoms with van der Waals surface area (Å²) in [7, 11) is 0. The molecule has 7 nitrogen and oxygen atoms in total. The highest BCUT2D eigenvalue weighted by Gasteiger charge is 2.44. The van der Waals surface area contributed by atoms with E-state index in [0.29, 0.717) is 4.90 Å². The normalized spacial score (nSPS) is 17.8. The highest BCUT2D eigenvalue weighted by Crippen LogP contribution is 2.42. The number of halogens is 1. The third kappa shape index (κ3) is 1.52. The first-order valence-corrected chi connectivity index (χ1v) is 5.27. The summed E-state index contributed by atoms with van der Waals surface area (Å²) in [5.74, 6) is -0.917. The van der Waals surface area contributed by atoms with Gasteiger partial charge in [0.2, 0.25) is 0 Å². The number of carboxylic acid groups (broad SMARTS) is 1. The van der Waals surface area contributed by atoms with Gasteiger partial charge in [0.1, 0.15) is 5.56 Å². The molecule has 0 saturated heterocycles. The Labute approximate surface area is 106 Å². The van der Waals surface area contributed by atoms with Crippen molar-refractivity contribution in [1.29, 1.82) is 0 Å². The number of nitro groups is 1. The van der Waals surface area contributed by atoms with E-state index in [1.807, 2.05) is 0 Å². The molecule has 94 valence electrons. The lowest BCUT2D eigenvalue weighted by Gasteiger charge is -2.15. The molecule has 0 spiro atoms. The summed E-state index contributed by atoms with van der Waals surface area (Å²) in [6.45, 7) is 1.45. The average molecular weight is 271 g/mol. The largest absolute Gasteiger partial charge is 0.465 e. The standard InChI is InChI=1S/C10H7ClN2O5/c1-4-7-5(11)2-3-6(13(17)18)8(7)9(14)12(4)10(15)16/h2-4H,1H3,(H,15,16). The monoisotopic (exact) mass is 270 g/mol. The molecule has 0 radical (unpaired) electrons. The maximum atomic E-state index is 11.9. The lowest BCUT2D eigenvalue weighted by molar-refractivity contribution is -0.385. The van der Waals surface area contributed by atoms with E-state index in [1.54, 1.807) is 0 Å². The molecule has 1 N–H and O–H groups in total. The first-order valence-electron chi connectivity index (χ1n) is 4.89. The van der Waals surface area contributed by atoms with Crippen molar-refractivity contribution < 1.29 is 19.6 Å². The van der Waals surface area contributed by atoms with Crippen molar-refractivity contribution in [3.8, 4) is 0 Å². The minimum atomic E-state index is -1.46. The second-order valence-electron chi connectivity index (χ2n) is 3.75. The summed E-state index contributed by atoms with van der Waals surface area (Å²) < 4.78 is 0. The number of imide groups is 1. The number of carbonyl (C=O) groups excluding carboxylic acids is 1. The van der Waals surface area contributed by atoms with E-state index in [9.17, 15) is 19.7 Å². The van der Waals surface area contributed by atoms with E-state index in [2.05, 4.69) is 0 Å². The Morgan fingerprint density at radius 1 is 1.56 bits per heavy atom. The van der Waals surface area contributed by atoms with Crippen LogP contribution in [0.5, 0.6) is 0 Å². The Morgan fingerprint density at radius 2 is 2.17 bits per heavy atom. The maximum Gasteiger partial charge on any atom is 0.414 e. The Balaban J connectivity index is 2.73. The van der Waals surface area contributed by atoms with E-state index in [4.69, 9.17) is 16.7 Å². The van der Waals surface area contributed by atoms with Crippen LogP contribution >= 0.6 is 11.6 Å². The van der Waals surface area contributed by atoms with Crippen molar-refractivity contribution in [1.82, 2.24) is 4.90 Å². The predicted octanol–water partition coefficient (Wildman–Crippen LogP) is 2.44. The Hall–Kier alpha value is -2.15. The van der Waals surface area contributed by atoms with Crippen LogP contribution in [0.1, 0.15) is 28.9 Å². The number of nitro benzene ring substituents is 1. The van der Waals surface area contributed by atoms with Gasteiger partial charge in [-0.05, 0) is 13.0 Å². The molecule has 1 aromatic rings. The van der Waals surface area contributed by atoms with Crippen LogP contribution in [0.15, 0.2) is 12.1 Å². The van der Waals surface area contributed by atoms with Gasteiger partial charge in [0.15, 0.2) is 0 Å². The highest BCUT2D eigenvalue weighted by atomic mass is 35.5. The van der Waals surface area contributed by atoms with Gasteiger partial charge in [0.05, 0.1) is 11.0 Å². The molecule has 0 aliphatic carbocycles. The molecule has 2 rings (SSSR count). The quantitative estimate of drug-likeness (QED) is 0.624. The molecular weight excluding hydrogens is 264 g/mol. The van der Waals surface area contributed by atoms with E-state index in [-0.39, 0.29) is 16.1 Å². The summed E-state index contributed by atoms with van der Waals surface area (Å²) in [4.78, 5) is 33.5. The fraction of sp³-hybridized carbons (Fsp3) is 0.200. The summed E-state index contributed by atoms with van der Waals surface area (Å²) >= 11 is 5.88. The van der Waals surface area contributed by atoms with E-state index in [1.165, 1.54) is 13.0 Å². The van der Waals surface area contributed by atoms with E-state index < -0.39 is 28.7 Å². The Morgan fingerprint density at radius 3 is 2.67 bits per heavy atom. The van der Waals surface area contributed by atoms with Crippen LogP contribution in [0.4, 0.5) is 10.5 Å². The smallest absolute Gasteiger partial charge is 0.414 e. The van der Waals surface area contributed by atoms with Gasteiger partial charge in [-0.2, -0.15) is 0 Å². The highest BCUT2D eigenvalue weighted by molar-refractivity contribution is 6.32. The fourth-order valence-electron chi connectivity index (χ4n) is 2.05. The zero-order chi connectivity index (χ0) is 13.6. The van der Waals surface area contributed by atoms with Gasteiger partial charge in [0.25, 0.3) is 11.6 Å². The van der Waals surface area contributed by atoms with Crippen LogP contribution in [0, 0.1) is 10.1 Å². The Bertz CT molecular complexity index is 586. The zero-order valence-corrected chi connectivity index (χ0v) is 9.84. The van der Waals surface area contributed by atoms with Crippen molar-refractivity contribution in [3.63, 3.8) is 0 Å². The minimum Gasteiger partial charge on any atom is -0.465 e.